The smallest absolute Gasteiger partial charge is 0.326 e. The van der Waals surface area contributed by atoms with Gasteiger partial charge in [-0.3, -0.25) is 24.0 Å². The first kappa shape index (κ1) is 27.0. The van der Waals surface area contributed by atoms with Gasteiger partial charge < -0.3 is 26.0 Å². The van der Waals surface area contributed by atoms with Gasteiger partial charge in [-0.2, -0.15) is 25.3 Å². The van der Waals surface area contributed by atoms with Crippen LogP contribution in [0.25, 0.3) is 0 Å². The van der Waals surface area contributed by atoms with Crippen LogP contribution in [0.15, 0.2) is 12.2 Å². The highest BCUT2D eigenvalue weighted by molar-refractivity contribution is 7.80. The van der Waals surface area contributed by atoms with Crippen molar-refractivity contribution in [1.82, 2.24) is 21.3 Å². The molecule has 33 heavy (non-hydrogen) atoms. The van der Waals surface area contributed by atoms with Crippen LogP contribution in [0, 0.1) is 5.92 Å². The second-order valence-electron chi connectivity index (χ2n) is 8.46. The summed E-state index contributed by atoms with van der Waals surface area (Å²) in [7, 11) is 0. The zero-order valence-corrected chi connectivity index (χ0v) is 20.5. The number of carbonyl (C=O) groups excluding carboxylic acids is 5. The minimum Gasteiger partial charge on any atom is -0.456 e. The summed E-state index contributed by atoms with van der Waals surface area (Å²) in [6.07, 6.45) is 3.73. The molecular formula is C21H32N4O6S2. The van der Waals surface area contributed by atoms with E-state index in [4.69, 9.17) is 4.74 Å². The Labute approximate surface area is 204 Å². The topological polar surface area (TPSA) is 143 Å². The third-order valence-corrected chi connectivity index (χ3v) is 5.96. The summed E-state index contributed by atoms with van der Waals surface area (Å²) in [5, 5.41) is 10.4. The molecule has 184 valence electrons. The van der Waals surface area contributed by atoms with Crippen LogP contribution in [-0.2, 0) is 28.7 Å². The van der Waals surface area contributed by atoms with Crippen molar-refractivity contribution >= 4 is 54.9 Å². The Balaban J connectivity index is 2.27. The van der Waals surface area contributed by atoms with E-state index in [0.717, 1.165) is 0 Å². The number of rotatable bonds is 5. The van der Waals surface area contributed by atoms with Gasteiger partial charge in [0.05, 0.1) is 6.42 Å². The summed E-state index contributed by atoms with van der Waals surface area (Å²) in [5.41, 5.74) is -1.12. The molecule has 0 aromatic heterocycles. The molecule has 1 unspecified atom stereocenters. The van der Waals surface area contributed by atoms with Crippen molar-refractivity contribution in [3.63, 3.8) is 0 Å². The number of thiol groups is 2. The Morgan fingerprint density at radius 1 is 1.09 bits per heavy atom. The molecule has 1 aliphatic carbocycles. The van der Waals surface area contributed by atoms with Crippen molar-refractivity contribution in [3.8, 4) is 0 Å². The lowest BCUT2D eigenvalue weighted by molar-refractivity contribution is -0.148. The number of allylic oxidation sites excluding steroid dienone is 1. The fourth-order valence-corrected chi connectivity index (χ4v) is 3.67. The van der Waals surface area contributed by atoms with Gasteiger partial charge in [-0.1, -0.05) is 19.9 Å². The van der Waals surface area contributed by atoms with E-state index in [1.54, 1.807) is 26.0 Å². The molecule has 2 fully saturated rings. The number of esters is 1. The quantitative estimate of drug-likeness (QED) is 0.171. The average molecular weight is 501 g/mol. The van der Waals surface area contributed by atoms with Gasteiger partial charge in [0.15, 0.2) is 0 Å². The van der Waals surface area contributed by atoms with Gasteiger partial charge in [-0.05, 0) is 37.0 Å². The van der Waals surface area contributed by atoms with Crippen LogP contribution in [0.1, 0.15) is 39.5 Å². The summed E-state index contributed by atoms with van der Waals surface area (Å²) in [4.78, 5) is 63.1. The summed E-state index contributed by atoms with van der Waals surface area (Å²) >= 11 is 8.27. The number of carbonyl (C=O) groups is 5. The lowest BCUT2D eigenvalue weighted by atomic mass is 10.0. The van der Waals surface area contributed by atoms with Gasteiger partial charge in [0, 0.05) is 5.75 Å². The lowest BCUT2D eigenvalue weighted by Crippen LogP contribution is -2.59. The second-order valence-corrected chi connectivity index (χ2v) is 9.27. The van der Waals surface area contributed by atoms with Gasteiger partial charge in [0.2, 0.25) is 23.6 Å². The van der Waals surface area contributed by atoms with Crippen LogP contribution in [0.5, 0.6) is 0 Å². The molecule has 2 aliphatic rings. The fourth-order valence-electron chi connectivity index (χ4n) is 3.27. The number of hydrogen-bond acceptors (Lipinski definition) is 8. The number of nitrogens with one attached hydrogen (secondary N) is 4. The normalized spacial score (nSPS) is 27.1. The molecule has 1 saturated carbocycles. The first-order valence-corrected chi connectivity index (χ1v) is 12.2. The van der Waals surface area contributed by atoms with E-state index in [9.17, 15) is 24.0 Å². The maximum Gasteiger partial charge on any atom is 0.326 e. The van der Waals surface area contributed by atoms with Gasteiger partial charge in [0.25, 0.3) is 0 Å². The Morgan fingerprint density at radius 3 is 2.36 bits per heavy atom. The number of hydrogen-bond donors (Lipinski definition) is 6. The molecule has 2 rings (SSSR count). The largest absolute Gasteiger partial charge is 0.456 e. The van der Waals surface area contributed by atoms with E-state index >= 15 is 0 Å². The molecule has 0 aromatic carbocycles. The summed E-state index contributed by atoms with van der Waals surface area (Å²) in [6.45, 7) is 3.06. The number of cyclic esters (lactones) is 1. The van der Waals surface area contributed by atoms with Gasteiger partial charge in [-0.15, -0.1) is 0 Å². The van der Waals surface area contributed by atoms with Gasteiger partial charge >= 0.3 is 5.97 Å². The van der Waals surface area contributed by atoms with Crippen molar-refractivity contribution in [2.75, 3.05) is 18.1 Å². The molecule has 12 heteroatoms. The van der Waals surface area contributed by atoms with Crippen LogP contribution >= 0.6 is 25.3 Å². The summed E-state index contributed by atoms with van der Waals surface area (Å²) in [5.74, 6) is -2.56. The fraction of sp³-hybridized carbons (Fsp3) is 0.667. The first-order chi connectivity index (χ1) is 15.6. The summed E-state index contributed by atoms with van der Waals surface area (Å²) < 4.78 is 5.36. The van der Waals surface area contributed by atoms with E-state index in [2.05, 4.69) is 46.5 Å². The minimum atomic E-state index is -1.12. The molecule has 3 atom stereocenters. The third-order valence-electron chi connectivity index (χ3n) is 5.34. The van der Waals surface area contributed by atoms with Crippen LogP contribution in [0.2, 0.25) is 0 Å². The average Bonchev–Trinajstić information content (AvgIpc) is 3.53. The molecule has 10 nitrogen and oxygen atoms in total. The van der Waals surface area contributed by atoms with E-state index in [1.165, 1.54) is 0 Å². The van der Waals surface area contributed by atoms with Crippen molar-refractivity contribution in [2.24, 2.45) is 5.92 Å². The van der Waals surface area contributed by atoms with Crippen LogP contribution in [0.3, 0.4) is 0 Å². The summed E-state index contributed by atoms with van der Waals surface area (Å²) in [6, 6.07) is -1.93. The highest BCUT2D eigenvalue weighted by atomic mass is 32.1. The van der Waals surface area contributed by atoms with Gasteiger partial charge in [0.1, 0.15) is 30.3 Å². The highest BCUT2D eigenvalue weighted by Gasteiger charge is 2.52. The molecule has 1 saturated heterocycles. The van der Waals surface area contributed by atoms with E-state index in [1.807, 2.05) is 0 Å². The third kappa shape index (κ3) is 7.95. The Hall–Kier alpha value is -2.21. The van der Waals surface area contributed by atoms with Crippen molar-refractivity contribution in [3.05, 3.63) is 12.2 Å². The minimum absolute atomic E-state index is 0.00162. The second kappa shape index (κ2) is 12.3. The highest BCUT2D eigenvalue weighted by Crippen LogP contribution is 2.36. The number of ether oxygens (including phenoxy) is 1. The first-order valence-electron chi connectivity index (χ1n) is 10.9. The predicted molar refractivity (Wildman–Crippen MR) is 128 cm³/mol. The van der Waals surface area contributed by atoms with Crippen LogP contribution in [0.4, 0.5) is 0 Å². The molecule has 4 amide bonds. The van der Waals surface area contributed by atoms with Crippen molar-refractivity contribution in [1.29, 1.82) is 0 Å². The monoisotopic (exact) mass is 500 g/mol. The molecule has 0 radical (unpaired) electrons. The Morgan fingerprint density at radius 2 is 1.79 bits per heavy atom. The lowest BCUT2D eigenvalue weighted by Gasteiger charge is -2.26. The Kier molecular flexibility index (Phi) is 10.1. The van der Waals surface area contributed by atoms with Crippen molar-refractivity contribution in [2.45, 2.75) is 63.3 Å². The zero-order valence-electron chi connectivity index (χ0n) is 18.8. The zero-order chi connectivity index (χ0) is 24.6. The van der Waals surface area contributed by atoms with Crippen LogP contribution < -0.4 is 21.3 Å². The predicted octanol–water partition coefficient (Wildman–Crippen LogP) is -0.502. The molecule has 0 aromatic rings. The molecule has 1 spiro atoms. The SMILES string of the molecule is CC(C)C1NC(=O)[C@@H](CS)NC(=O)C2(CC2)NC(=O)C[C@@H](/C=C/CCS)OC(=O)CNC1=O. The van der Waals surface area contributed by atoms with E-state index in [-0.39, 0.29) is 18.1 Å². The molecule has 4 N–H and O–H groups in total. The molecular weight excluding hydrogens is 468 g/mol. The van der Waals surface area contributed by atoms with Crippen LogP contribution in [-0.4, -0.2) is 71.4 Å². The maximum atomic E-state index is 12.8. The molecule has 1 heterocycles. The van der Waals surface area contributed by atoms with Crippen molar-refractivity contribution < 1.29 is 28.7 Å². The molecule has 1 aliphatic heterocycles. The molecule has 0 bridgehead atoms. The van der Waals surface area contributed by atoms with E-state index in [0.29, 0.717) is 25.0 Å². The number of amides is 4. The standard InChI is InChI=1S/C21H32N4O6S2/c1-12(2)17-19(29)22-10-16(27)31-13(5-3-4-8-32)9-15(26)25-21(6-7-21)20(30)23-14(11-33)18(28)24-17/h3,5,12-14,17,32-33H,4,6-11H2,1-2H3,(H,22,29)(H,23,30)(H,24,28)(H,25,26)/b5-3+/t13-,14-,17?/m1/s1. The Bertz CT molecular complexity index is 800. The van der Waals surface area contributed by atoms with E-state index < -0.39 is 59.9 Å². The van der Waals surface area contributed by atoms with Gasteiger partial charge in [-0.25, -0.2) is 0 Å². The maximum absolute atomic E-state index is 12.8.